The average Bonchev–Trinajstić information content (AvgIpc) is 2.63. The quantitative estimate of drug-likeness (QED) is 0.824. The van der Waals surface area contributed by atoms with Crippen LogP contribution in [-0.4, -0.2) is 28.7 Å². The summed E-state index contributed by atoms with van der Waals surface area (Å²) >= 11 is 1.28. The highest BCUT2D eigenvalue weighted by Crippen LogP contribution is 2.19. The second kappa shape index (κ2) is 5.93. The second-order valence-corrected chi connectivity index (χ2v) is 4.52. The van der Waals surface area contributed by atoms with Crippen molar-refractivity contribution in [3.05, 3.63) is 11.1 Å². The van der Waals surface area contributed by atoms with E-state index in [9.17, 15) is 9.90 Å². The summed E-state index contributed by atoms with van der Waals surface area (Å²) in [7, 11) is 0. The zero-order valence-electron chi connectivity index (χ0n) is 9.56. The highest BCUT2D eigenvalue weighted by atomic mass is 32.1. The van der Waals surface area contributed by atoms with Gasteiger partial charge >= 0.3 is 0 Å². The van der Waals surface area contributed by atoms with Gasteiger partial charge in [-0.1, -0.05) is 0 Å². The molecule has 0 bridgehead atoms. The van der Waals surface area contributed by atoms with Crippen LogP contribution in [0.25, 0.3) is 0 Å². The van der Waals surface area contributed by atoms with Crippen LogP contribution in [0.15, 0.2) is 5.38 Å². The number of rotatable bonds is 5. The van der Waals surface area contributed by atoms with Gasteiger partial charge in [-0.3, -0.25) is 10.1 Å². The van der Waals surface area contributed by atoms with E-state index in [1.54, 1.807) is 12.3 Å². The van der Waals surface area contributed by atoms with Crippen LogP contribution < -0.4 is 5.32 Å². The first-order chi connectivity index (χ1) is 7.49. The lowest BCUT2D eigenvalue weighted by molar-refractivity contribution is -0.121. The van der Waals surface area contributed by atoms with Crippen LogP contribution in [-0.2, 0) is 9.53 Å². The van der Waals surface area contributed by atoms with Gasteiger partial charge in [0.25, 0.3) is 5.91 Å². The highest BCUT2D eigenvalue weighted by molar-refractivity contribution is 7.13. The van der Waals surface area contributed by atoms with E-state index < -0.39 is 6.10 Å². The lowest BCUT2D eigenvalue weighted by Gasteiger charge is -2.06. The van der Waals surface area contributed by atoms with E-state index in [-0.39, 0.29) is 18.6 Å². The Balaban J connectivity index is 2.43. The number of ether oxygens (including phenoxy) is 1. The van der Waals surface area contributed by atoms with Crippen LogP contribution in [0.3, 0.4) is 0 Å². The van der Waals surface area contributed by atoms with Crippen molar-refractivity contribution < 1.29 is 14.6 Å². The van der Waals surface area contributed by atoms with Gasteiger partial charge in [0, 0.05) is 5.38 Å². The molecular formula is C10H16N2O3S. The molecule has 0 radical (unpaired) electrons. The van der Waals surface area contributed by atoms with Crippen LogP contribution in [0.5, 0.6) is 0 Å². The van der Waals surface area contributed by atoms with E-state index in [2.05, 4.69) is 10.3 Å². The first-order valence-electron chi connectivity index (χ1n) is 5.04. The molecule has 5 nitrogen and oxygen atoms in total. The number of anilines is 1. The monoisotopic (exact) mass is 244 g/mol. The van der Waals surface area contributed by atoms with Crippen molar-refractivity contribution in [3.8, 4) is 0 Å². The molecule has 6 heteroatoms. The Kier molecular flexibility index (Phi) is 4.85. The van der Waals surface area contributed by atoms with E-state index in [1.165, 1.54) is 11.3 Å². The maximum atomic E-state index is 11.4. The molecule has 0 aliphatic rings. The predicted molar refractivity (Wildman–Crippen MR) is 62.5 cm³/mol. The van der Waals surface area contributed by atoms with Gasteiger partial charge in [-0.05, 0) is 20.8 Å². The number of carbonyl (C=O) groups excluding carboxylic acids is 1. The molecule has 0 saturated carbocycles. The average molecular weight is 244 g/mol. The molecule has 1 rings (SSSR count). The molecule has 2 N–H and O–H groups in total. The maximum absolute atomic E-state index is 11.4. The third kappa shape index (κ3) is 4.26. The molecular weight excluding hydrogens is 228 g/mol. The fourth-order valence-electron chi connectivity index (χ4n) is 0.933. The zero-order chi connectivity index (χ0) is 12.1. The molecule has 1 aromatic rings. The number of thiazole rings is 1. The lowest BCUT2D eigenvalue weighted by Crippen LogP contribution is -2.20. The van der Waals surface area contributed by atoms with Crippen molar-refractivity contribution in [2.45, 2.75) is 33.0 Å². The van der Waals surface area contributed by atoms with Crippen LogP contribution in [0, 0.1) is 0 Å². The summed E-state index contributed by atoms with van der Waals surface area (Å²) in [5.41, 5.74) is 0.560. The van der Waals surface area contributed by atoms with Crippen molar-refractivity contribution in [2.75, 3.05) is 11.9 Å². The van der Waals surface area contributed by atoms with Gasteiger partial charge in [0.1, 0.15) is 6.61 Å². The molecule has 1 atom stereocenters. The number of hydrogen-bond acceptors (Lipinski definition) is 5. The molecule has 1 amide bonds. The standard InChI is InChI=1S/C10H16N2O3S/c1-6(2)15-4-9(14)12-10-11-8(5-16-10)7(3)13/h5-7,13H,4H2,1-3H3,(H,11,12,14). The molecule has 0 saturated heterocycles. The highest BCUT2D eigenvalue weighted by Gasteiger charge is 2.09. The molecule has 16 heavy (non-hydrogen) atoms. The molecule has 1 aromatic heterocycles. The Morgan fingerprint density at radius 3 is 2.81 bits per heavy atom. The summed E-state index contributed by atoms with van der Waals surface area (Å²) in [6, 6.07) is 0. The van der Waals surface area contributed by atoms with Gasteiger partial charge in [0.05, 0.1) is 17.9 Å². The van der Waals surface area contributed by atoms with E-state index in [1.807, 2.05) is 13.8 Å². The Hall–Kier alpha value is -0.980. The third-order valence-corrected chi connectivity index (χ3v) is 2.52. The van der Waals surface area contributed by atoms with Crippen LogP contribution in [0.1, 0.15) is 32.6 Å². The smallest absolute Gasteiger partial charge is 0.252 e. The number of hydrogen-bond donors (Lipinski definition) is 2. The van der Waals surface area contributed by atoms with E-state index >= 15 is 0 Å². The number of nitrogens with one attached hydrogen (secondary N) is 1. The SMILES string of the molecule is CC(C)OCC(=O)Nc1nc(C(C)O)cs1. The molecule has 0 aliphatic carbocycles. The lowest BCUT2D eigenvalue weighted by atomic mass is 10.3. The minimum Gasteiger partial charge on any atom is -0.387 e. The van der Waals surface area contributed by atoms with Gasteiger partial charge < -0.3 is 9.84 Å². The van der Waals surface area contributed by atoms with Crippen molar-refractivity contribution in [3.63, 3.8) is 0 Å². The second-order valence-electron chi connectivity index (χ2n) is 3.66. The fraction of sp³-hybridized carbons (Fsp3) is 0.600. The van der Waals surface area contributed by atoms with Crippen LogP contribution >= 0.6 is 11.3 Å². The molecule has 1 unspecified atom stereocenters. The largest absolute Gasteiger partial charge is 0.387 e. The van der Waals surface area contributed by atoms with Crippen LogP contribution in [0.4, 0.5) is 5.13 Å². The topological polar surface area (TPSA) is 71.5 Å². The summed E-state index contributed by atoms with van der Waals surface area (Å²) < 4.78 is 5.15. The number of aliphatic hydroxyl groups excluding tert-OH is 1. The molecule has 0 fully saturated rings. The summed E-state index contributed by atoms with van der Waals surface area (Å²) in [6.45, 7) is 5.37. The van der Waals surface area contributed by atoms with Crippen molar-refractivity contribution in [1.29, 1.82) is 0 Å². The molecule has 0 spiro atoms. The minimum atomic E-state index is -0.617. The normalized spacial score (nSPS) is 12.8. The molecule has 90 valence electrons. The van der Waals surface area contributed by atoms with Crippen LogP contribution in [0.2, 0.25) is 0 Å². The number of nitrogens with zero attached hydrogens (tertiary/aromatic N) is 1. The zero-order valence-corrected chi connectivity index (χ0v) is 10.4. The van der Waals surface area contributed by atoms with E-state index in [4.69, 9.17) is 4.74 Å². The van der Waals surface area contributed by atoms with Crippen molar-refractivity contribution >= 4 is 22.4 Å². The van der Waals surface area contributed by atoms with E-state index in [0.29, 0.717) is 10.8 Å². The Morgan fingerprint density at radius 1 is 1.62 bits per heavy atom. The Morgan fingerprint density at radius 2 is 2.31 bits per heavy atom. The predicted octanol–water partition coefficient (Wildman–Crippen LogP) is 1.56. The summed E-state index contributed by atoms with van der Waals surface area (Å²) in [5, 5.41) is 14.1. The summed E-state index contributed by atoms with van der Waals surface area (Å²) in [5.74, 6) is -0.236. The molecule has 1 heterocycles. The van der Waals surface area contributed by atoms with E-state index in [0.717, 1.165) is 0 Å². The molecule has 0 aliphatic heterocycles. The van der Waals surface area contributed by atoms with Gasteiger partial charge in [0.15, 0.2) is 5.13 Å². The fourth-order valence-corrected chi connectivity index (χ4v) is 1.75. The first kappa shape index (κ1) is 13.1. The first-order valence-corrected chi connectivity index (χ1v) is 5.92. The number of amides is 1. The maximum Gasteiger partial charge on any atom is 0.252 e. The summed E-state index contributed by atoms with van der Waals surface area (Å²) in [6.07, 6.45) is -0.594. The minimum absolute atomic E-state index is 0.0151. The van der Waals surface area contributed by atoms with Gasteiger partial charge in [0.2, 0.25) is 0 Å². The number of aliphatic hydroxyl groups is 1. The Bertz CT molecular complexity index is 350. The van der Waals surface area contributed by atoms with Crippen molar-refractivity contribution in [2.24, 2.45) is 0 Å². The number of aromatic nitrogens is 1. The summed E-state index contributed by atoms with van der Waals surface area (Å²) in [4.78, 5) is 15.4. The van der Waals surface area contributed by atoms with Gasteiger partial charge in [-0.2, -0.15) is 0 Å². The third-order valence-electron chi connectivity index (χ3n) is 1.74. The van der Waals surface area contributed by atoms with Gasteiger partial charge in [-0.15, -0.1) is 11.3 Å². The molecule has 0 aromatic carbocycles. The van der Waals surface area contributed by atoms with Crippen molar-refractivity contribution in [1.82, 2.24) is 4.98 Å². The Labute approximate surface area is 98.5 Å². The van der Waals surface area contributed by atoms with Gasteiger partial charge in [-0.25, -0.2) is 4.98 Å². The number of carbonyl (C=O) groups is 1.